The molecule has 1 atom stereocenters. The van der Waals surface area contributed by atoms with Crippen molar-refractivity contribution in [3.8, 4) is 0 Å². The van der Waals surface area contributed by atoms with Crippen LogP contribution >= 0.6 is 0 Å². The van der Waals surface area contributed by atoms with E-state index in [-0.39, 0.29) is 11.2 Å². The van der Waals surface area contributed by atoms with Crippen LogP contribution in [-0.2, 0) is 4.79 Å². The van der Waals surface area contributed by atoms with Gasteiger partial charge in [-0.1, -0.05) is 60.6 Å². The highest BCUT2D eigenvalue weighted by molar-refractivity contribution is 6.00. The van der Waals surface area contributed by atoms with Gasteiger partial charge in [-0.05, 0) is 36.3 Å². The lowest BCUT2D eigenvalue weighted by molar-refractivity contribution is -0.125. The molecule has 19 heavy (non-hydrogen) atoms. The molecule has 1 aliphatic rings. The van der Waals surface area contributed by atoms with Crippen LogP contribution in [0.25, 0.3) is 0 Å². The van der Waals surface area contributed by atoms with Gasteiger partial charge in [-0.3, -0.25) is 4.79 Å². The Balaban J connectivity index is 0. The molecule has 0 aromatic carbocycles. The normalized spacial score (nSPS) is 21.5. The van der Waals surface area contributed by atoms with Gasteiger partial charge in [0.05, 0.1) is 0 Å². The van der Waals surface area contributed by atoms with Crippen molar-refractivity contribution in [2.75, 3.05) is 0 Å². The number of carbonyl (C=O) groups is 1. The van der Waals surface area contributed by atoms with Crippen LogP contribution in [0.1, 0.15) is 68.2 Å². The first kappa shape index (κ1) is 20.4. The number of carbonyl (C=O) groups excluding carboxylic acids is 1. The Kier molecular flexibility index (Phi) is 10.7. The Labute approximate surface area is 119 Å². The Hall–Kier alpha value is -0.890. The summed E-state index contributed by atoms with van der Waals surface area (Å²) >= 11 is 0. The zero-order chi connectivity index (χ0) is 15.6. The maximum absolute atomic E-state index is 11.6. The molecule has 0 saturated heterocycles. The van der Waals surface area contributed by atoms with Gasteiger partial charge in [0.1, 0.15) is 6.10 Å². The summed E-state index contributed by atoms with van der Waals surface area (Å²) in [6.45, 7) is 16.0. The SMILES string of the molecule is CC.CC.CC/C=C/C1=C(C)C(=O)C(O)CC1(C)C. The first-order valence-corrected chi connectivity index (χ1v) is 7.50. The number of aliphatic hydroxyl groups is 1. The highest BCUT2D eigenvalue weighted by atomic mass is 16.3. The number of rotatable bonds is 2. The molecule has 0 saturated carbocycles. The topological polar surface area (TPSA) is 37.3 Å². The monoisotopic (exact) mass is 268 g/mol. The molecule has 0 fully saturated rings. The first-order valence-electron chi connectivity index (χ1n) is 7.50. The molecule has 2 heteroatoms. The predicted octanol–water partition coefficient (Wildman–Crippen LogP) is 4.68. The maximum atomic E-state index is 11.6. The van der Waals surface area contributed by atoms with Gasteiger partial charge >= 0.3 is 0 Å². The van der Waals surface area contributed by atoms with Gasteiger partial charge in [-0.25, -0.2) is 0 Å². The van der Waals surface area contributed by atoms with Crippen LogP contribution in [0, 0.1) is 5.41 Å². The highest BCUT2D eigenvalue weighted by Gasteiger charge is 2.36. The van der Waals surface area contributed by atoms with Crippen molar-refractivity contribution in [1.82, 2.24) is 0 Å². The molecule has 0 spiro atoms. The lowest BCUT2D eigenvalue weighted by Gasteiger charge is -2.34. The second kappa shape index (κ2) is 9.96. The molecule has 1 unspecified atom stereocenters. The molecule has 0 heterocycles. The van der Waals surface area contributed by atoms with E-state index in [0.717, 1.165) is 12.0 Å². The maximum Gasteiger partial charge on any atom is 0.187 e. The minimum atomic E-state index is -0.821. The molecule has 0 aromatic heterocycles. The summed E-state index contributed by atoms with van der Waals surface area (Å²) in [4.78, 5) is 11.6. The third kappa shape index (κ3) is 5.73. The fourth-order valence-electron chi connectivity index (χ4n) is 2.16. The molecule has 0 radical (unpaired) electrons. The molecule has 1 aliphatic carbocycles. The fraction of sp³-hybridized carbons (Fsp3) is 0.706. The summed E-state index contributed by atoms with van der Waals surface area (Å²) in [5, 5.41) is 9.62. The van der Waals surface area contributed by atoms with Crippen LogP contribution in [0.3, 0.4) is 0 Å². The molecule has 1 rings (SSSR count). The lowest BCUT2D eigenvalue weighted by atomic mass is 9.71. The molecule has 2 nitrogen and oxygen atoms in total. The molecule has 0 bridgehead atoms. The van der Waals surface area contributed by atoms with Gasteiger partial charge in [-0.15, -0.1) is 0 Å². The molecule has 0 aliphatic heterocycles. The van der Waals surface area contributed by atoms with Crippen LogP contribution in [0.15, 0.2) is 23.3 Å². The van der Waals surface area contributed by atoms with E-state index < -0.39 is 6.10 Å². The molecule has 0 amide bonds. The summed E-state index contributed by atoms with van der Waals surface area (Å²) in [5.74, 6) is -0.120. The van der Waals surface area contributed by atoms with Gasteiger partial charge < -0.3 is 5.11 Å². The number of allylic oxidation sites excluding steroid dienone is 3. The van der Waals surface area contributed by atoms with Crippen molar-refractivity contribution in [2.45, 2.75) is 74.3 Å². The van der Waals surface area contributed by atoms with Gasteiger partial charge in [0.15, 0.2) is 5.78 Å². The van der Waals surface area contributed by atoms with Crippen LogP contribution in [0.5, 0.6) is 0 Å². The summed E-state index contributed by atoms with van der Waals surface area (Å²) in [6.07, 6.45) is 4.75. The molecular formula is C17H32O2. The minimum absolute atomic E-state index is 0.108. The largest absolute Gasteiger partial charge is 0.385 e. The van der Waals surface area contributed by atoms with Gasteiger partial charge in [0.25, 0.3) is 0 Å². The zero-order valence-electron chi connectivity index (χ0n) is 14.0. The van der Waals surface area contributed by atoms with E-state index >= 15 is 0 Å². The van der Waals surface area contributed by atoms with E-state index in [1.807, 2.05) is 40.7 Å². The van der Waals surface area contributed by atoms with E-state index in [1.165, 1.54) is 0 Å². The third-order valence-corrected chi connectivity index (χ3v) is 3.03. The first-order chi connectivity index (χ1) is 8.90. The van der Waals surface area contributed by atoms with Crippen LogP contribution < -0.4 is 0 Å². The molecular weight excluding hydrogens is 236 g/mol. The van der Waals surface area contributed by atoms with E-state index in [9.17, 15) is 9.90 Å². The second-order valence-electron chi connectivity index (χ2n) is 4.82. The third-order valence-electron chi connectivity index (χ3n) is 3.03. The number of hydrogen-bond donors (Lipinski definition) is 1. The van der Waals surface area contributed by atoms with Crippen LogP contribution in [0.4, 0.5) is 0 Å². The summed E-state index contributed by atoms with van der Waals surface area (Å²) in [7, 11) is 0. The van der Waals surface area contributed by atoms with Crippen molar-refractivity contribution in [3.63, 3.8) is 0 Å². The van der Waals surface area contributed by atoms with Crippen LogP contribution in [-0.4, -0.2) is 17.0 Å². The average molecular weight is 268 g/mol. The fourth-order valence-corrected chi connectivity index (χ4v) is 2.16. The lowest BCUT2D eigenvalue weighted by Crippen LogP contribution is -2.35. The Morgan fingerprint density at radius 1 is 1.26 bits per heavy atom. The summed E-state index contributed by atoms with van der Waals surface area (Å²) in [6, 6.07) is 0. The van der Waals surface area contributed by atoms with Crippen molar-refractivity contribution in [1.29, 1.82) is 0 Å². The molecule has 1 N–H and O–H groups in total. The number of ketones is 1. The van der Waals surface area contributed by atoms with Gasteiger partial charge in [0, 0.05) is 0 Å². The highest BCUT2D eigenvalue weighted by Crippen LogP contribution is 2.39. The second-order valence-corrected chi connectivity index (χ2v) is 4.82. The summed E-state index contributed by atoms with van der Waals surface area (Å²) in [5.41, 5.74) is 1.67. The van der Waals surface area contributed by atoms with Crippen molar-refractivity contribution in [3.05, 3.63) is 23.3 Å². The molecule has 0 aromatic rings. The Morgan fingerprint density at radius 2 is 1.74 bits per heavy atom. The van der Waals surface area contributed by atoms with E-state index in [4.69, 9.17) is 0 Å². The number of hydrogen-bond acceptors (Lipinski definition) is 2. The Morgan fingerprint density at radius 3 is 2.16 bits per heavy atom. The van der Waals surface area contributed by atoms with Crippen molar-refractivity contribution in [2.24, 2.45) is 5.41 Å². The zero-order valence-corrected chi connectivity index (χ0v) is 14.0. The summed E-state index contributed by atoms with van der Waals surface area (Å²) < 4.78 is 0. The van der Waals surface area contributed by atoms with Crippen LogP contribution in [0.2, 0.25) is 0 Å². The minimum Gasteiger partial charge on any atom is -0.385 e. The Bertz CT molecular complexity index is 322. The molecule has 112 valence electrons. The smallest absolute Gasteiger partial charge is 0.187 e. The standard InChI is InChI=1S/C13H20O2.2C2H6/c1-5-6-7-10-9(2)12(15)11(14)8-13(10,3)4;2*1-2/h6-7,11,14H,5,8H2,1-4H3;2*1-2H3/b7-6+;;. The van der Waals surface area contributed by atoms with E-state index in [1.54, 1.807) is 0 Å². The van der Waals surface area contributed by atoms with E-state index in [2.05, 4.69) is 26.8 Å². The van der Waals surface area contributed by atoms with Gasteiger partial charge in [0.2, 0.25) is 0 Å². The average Bonchev–Trinajstić information content (AvgIpc) is 2.40. The van der Waals surface area contributed by atoms with Crippen molar-refractivity contribution < 1.29 is 9.90 Å². The van der Waals surface area contributed by atoms with Crippen molar-refractivity contribution >= 4 is 5.78 Å². The van der Waals surface area contributed by atoms with Gasteiger partial charge in [-0.2, -0.15) is 0 Å². The quantitative estimate of drug-likeness (QED) is 0.789. The van der Waals surface area contributed by atoms with E-state index in [0.29, 0.717) is 12.0 Å². The number of Topliss-reactive ketones (excluding diaryl/α,β-unsaturated/α-hetero) is 1. The number of aliphatic hydroxyl groups excluding tert-OH is 1. The predicted molar refractivity (Wildman–Crippen MR) is 84.2 cm³/mol.